The predicted molar refractivity (Wildman–Crippen MR) is 51.0 cm³/mol. The molecule has 1 nitrogen and oxygen atoms in total. The molecule has 0 amide bonds. The Bertz CT molecular complexity index is 364. The average Bonchev–Trinajstić information content (AvgIpc) is 2.54. The molecule has 0 radical (unpaired) electrons. The minimum atomic E-state index is 1.26. The summed E-state index contributed by atoms with van der Waals surface area (Å²) >= 11 is 1.82. The van der Waals surface area contributed by atoms with E-state index in [4.69, 9.17) is 0 Å². The largest absolute Gasteiger partial charge is 0.217 e. The Kier molecular flexibility index (Phi) is 1.92. The maximum Gasteiger partial charge on any atom is 0.175 e. The third kappa shape index (κ3) is 1.38. The lowest BCUT2D eigenvalue weighted by Gasteiger charge is -1.89. The molecule has 1 N–H and O–H groups in total. The van der Waals surface area contributed by atoms with Crippen molar-refractivity contribution in [3.8, 4) is 10.4 Å². The summed E-state index contributed by atoms with van der Waals surface area (Å²) in [6, 6.07) is 8.43. The van der Waals surface area contributed by atoms with Gasteiger partial charge in [-0.1, -0.05) is 0 Å². The molecule has 2 aromatic heterocycles. The van der Waals surface area contributed by atoms with E-state index in [1.54, 1.807) is 0 Å². The van der Waals surface area contributed by atoms with Crippen LogP contribution in [0.3, 0.4) is 0 Å². The van der Waals surface area contributed by atoms with Crippen molar-refractivity contribution in [1.29, 1.82) is 0 Å². The van der Waals surface area contributed by atoms with E-state index in [0.29, 0.717) is 0 Å². The van der Waals surface area contributed by atoms with Crippen LogP contribution in [0.5, 0.6) is 0 Å². The van der Waals surface area contributed by atoms with Gasteiger partial charge in [0, 0.05) is 15.8 Å². The van der Waals surface area contributed by atoms with Gasteiger partial charge < -0.3 is 0 Å². The molecular formula is C10H10NS+. The number of rotatable bonds is 1. The molecule has 0 aliphatic carbocycles. The molecule has 0 saturated carbocycles. The Morgan fingerprint density at radius 3 is 2.75 bits per heavy atom. The van der Waals surface area contributed by atoms with Gasteiger partial charge in [-0.3, -0.25) is 0 Å². The highest BCUT2D eigenvalue weighted by Crippen LogP contribution is 2.25. The van der Waals surface area contributed by atoms with Crippen LogP contribution in [-0.4, -0.2) is 0 Å². The van der Waals surface area contributed by atoms with Gasteiger partial charge in [0.1, 0.15) is 0 Å². The van der Waals surface area contributed by atoms with E-state index in [1.165, 1.54) is 15.3 Å². The first-order valence-corrected chi connectivity index (χ1v) is 4.71. The van der Waals surface area contributed by atoms with Gasteiger partial charge in [0.05, 0.1) is 5.56 Å². The van der Waals surface area contributed by atoms with E-state index in [2.05, 4.69) is 30.1 Å². The zero-order valence-corrected chi connectivity index (χ0v) is 7.69. The fourth-order valence-electron chi connectivity index (χ4n) is 1.14. The number of thiophene rings is 1. The quantitative estimate of drug-likeness (QED) is 0.634. The molecule has 60 valence electrons. The lowest BCUT2D eigenvalue weighted by Crippen LogP contribution is -1.97. The summed E-state index contributed by atoms with van der Waals surface area (Å²) in [7, 11) is 0. The minimum absolute atomic E-state index is 1.26. The Labute approximate surface area is 75.7 Å². The van der Waals surface area contributed by atoms with E-state index in [0.717, 1.165) is 0 Å². The molecule has 0 aliphatic rings. The SMILES string of the molecule is Cc1ccc(-c2ccc[nH+]c2)s1. The first kappa shape index (κ1) is 7.50. The number of hydrogen-bond acceptors (Lipinski definition) is 1. The monoisotopic (exact) mass is 176 g/mol. The lowest BCUT2D eigenvalue weighted by molar-refractivity contribution is -0.377. The summed E-state index contributed by atoms with van der Waals surface area (Å²) in [4.78, 5) is 5.75. The van der Waals surface area contributed by atoms with Crippen LogP contribution in [0.2, 0.25) is 0 Å². The highest BCUT2D eigenvalue weighted by molar-refractivity contribution is 7.15. The van der Waals surface area contributed by atoms with Gasteiger partial charge in [0.15, 0.2) is 12.4 Å². The van der Waals surface area contributed by atoms with Crippen molar-refractivity contribution < 1.29 is 4.98 Å². The first-order chi connectivity index (χ1) is 5.86. The molecule has 2 rings (SSSR count). The van der Waals surface area contributed by atoms with Crippen LogP contribution < -0.4 is 4.98 Å². The van der Waals surface area contributed by atoms with Crippen LogP contribution in [0.4, 0.5) is 0 Å². The Morgan fingerprint density at radius 2 is 2.17 bits per heavy atom. The molecule has 0 fully saturated rings. The van der Waals surface area contributed by atoms with E-state index >= 15 is 0 Å². The van der Waals surface area contributed by atoms with Crippen molar-refractivity contribution >= 4 is 11.3 Å². The first-order valence-electron chi connectivity index (χ1n) is 3.89. The van der Waals surface area contributed by atoms with Crippen LogP contribution in [0.1, 0.15) is 4.88 Å². The molecule has 0 unspecified atom stereocenters. The van der Waals surface area contributed by atoms with Gasteiger partial charge >= 0.3 is 0 Å². The molecule has 0 atom stereocenters. The normalized spacial score (nSPS) is 10.1. The standard InChI is InChI=1S/C10H9NS/c1-8-4-5-10(12-8)9-3-2-6-11-7-9/h2-7H,1H3/p+1. The van der Waals surface area contributed by atoms with Crippen LogP contribution in [0.25, 0.3) is 10.4 Å². The number of aromatic nitrogens is 1. The Balaban J connectivity index is 2.45. The van der Waals surface area contributed by atoms with E-state index < -0.39 is 0 Å². The van der Waals surface area contributed by atoms with Gasteiger partial charge in [-0.05, 0) is 25.1 Å². The smallest absolute Gasteiger partial charge is 0.175 e. The molecule has 0 spiro atoms. The van der Waals surface area contributed by atoms with Crippen molar-refractivity contribution in [2.45, 2.75) is 6.92 Å². The van der Waals surface area contributed by atoms with Crippen LogP contribution in [-0.2, 0) is 0 Å². The lowest BCUT2D eigenvalue weighted by atomic mass is 10.2. The van der Waals surface area contributed by atoms with Gasteiger partial charge in [0.25, 0.3) is 0 Å². The van der Waals surface area contributed by atoms with Crippen molar-refractivity contribution in [2.24, 2.45) is 0 Å². The van der Waals surface area contributed by atoms with Crippen molar-refractivity contribution in [3.63, 3.8) is 0 Å². The average molecular weight is 176 g/mol. The van der Waals surface area contributed by atoms with Crippen LogP contribution in [0.15, 0.2) is 36.7 Å². The van der Waals surface area contributed by atoms with E-state index in [1.807, 2.05) is 29.8 Å². The fraction of sp³-hybridized carbons (Fsp3) is 0.100. The molecule has 2 heteroatoms. The fourth-order valence-corrected chi connectivity index (χ4v) is 2.00. The second-order valence-electron chi connectivity index (χ2n) is 2.70. The van der Waals surface area contributed by atoms with E-state index in [-0.39, 0.29) is 0 Å². The minimum Gasteiger partial charge on any atom is -0.217 e. The van der Waals surface area contributed by atoms with Gasteiger partial charge in [-0.2, -0.15) is 0 Å². The molecule has 2 aromatic rings. The summed E-state index contributed by atoms with van der Waals surface area (Å²) in [6.45, 7) is 2.13. The number of aromatic amines is 1. The predicted octanol–water partition coefficient (Wildman–Crippen LogP) is 2.54. The number of nitrogens with one attached hydrogen (secondary N) is 1. The second-order valence-corrected chi connectivity index (χ2v) is 3.99. The highest BCUT2D eigenvalue weighted by atomic mass is 32.1. The highest BCUT2D eigenvalue weighted by Gasteiger charge is 2.00. The molecule has 0 bridgehead atoms. The molecule has 2 heterocycles. The Hall–Kier alpha value is -1.15. The zero-order chi connectivity index (χ0) is 8.39. The number of pyridine rings is 1. The summed E-state index contributed by atoms with van der Waals surface area (Å²) in [5.41, 5.74) is 1.26. The molecule has 0 aliphatic heterocycles. The third-order valence-corrected chi connectivity index (χ3v) is 2.78. The Morgan fingerprint density at radius 1 is 1.25 bits per heavy atom. The van der Waals surface area contributed by atoms with Gasteiger partial charge in [-0.25, -0.2) is 4.98 Å². The van der Waals surface area contributed by atoms with E-state index in [9.17, 15) is 0 Å². The second kappa shape index (κ2) is 3.07. The molecule has 0 saturated heterocycles. The summed E-state index contributed by atoms with van der Waals surface area (Å²) < 4.78 is 0. The summed E-state index contributed by atoms with van der Waals surface area (Å²) in [5.74, 6) is 0. The van der Waals surface area contributed by atoms with Crippen molar-refractivity contribution in [1.82, 2.24) is 0 Å². The van der Waals surface area contributed by atoms with Gasteiger partial charge in [-0.15, -0.1) is 11.3 Å². The maximum atomic E-state index is 3.08. The van der Waals surface area contributed by atoms with Gasteiger partial charge in [0.2, 0.25) is 0 Å². The third-order valence-electron chi connectivity index (χ3n) is 1.73. The van der Waals surface area contributed by atoms with Crippen LogP contribution >= 0.6 is 11.3 Å². The molecule has 0 aromatic carbocycles. The van der Waals surface area contributed by atoms with Crippen molar-refractivity contribution in [3.05, 3.63) is 41.5 Å². The van der Waals surface area contributed by atoms with Crippen molar-refractivity contribution in [2.75, 3.05) is 0 Å². The number of hydrogen-bond donors (Lipinski definition) is 0. The topological polar surface area (TPSA) is 14.1 Å². The number of H-pyrrole nitrogens is 1. The maximum absolute atomic E-state index is 3.08. The molecule has 12 heavy (non-hydrogen) atoms. The molecular weight excluding hydrogens is 166 g/mol. The zero-order valence-electron chi connectivity index (χ0n) is 6.87. The summed E-state index contributed by atoms with van der Waals surface area (Å²) in [5, 5.41) is 0. The number of aryl methyl sites for hydroxylation is 1. The van der Waals surface area contributed by atoms with Crippen LogP contribution in [0, 0.1) is 6.92 Å². The summed E-state index contributed by atoms with van der Waals surface area (Å²) in [6.07, 6.45) is 3.94.